The van der Waals surface area contributed by atoms with Gasteiger partial charge in [-0.1, -0.05) is 0 Å². The van der Waals surface area contributed by atoms with Crippen molar-refractivity contribution in [3.05, 3.63) is 60.7 Å². The first-order chi connectivity index (χ1) is 19.7. The highest BCUT2D eigenvalue weighted by Gasteiger charge is 2.27. The second-order valence-corrected chi connectivity index (χ2v) is 12.3. The van der Waals surface area contributed by atoms with E-state index in [0.717, 1.165) is 40.7 Å². The highest BCUT2D eigenvalue weighted by Crippen LogP contribution is 2.31. The van der Waals surface area contributed by atoms with Gasteiger partial charge in [-0.3, -0.25) is 9.82 Å². The summed E-state index contributed by atoms with van der Waals surface area (Å²) in [6.07, 6.45) is 0.140. The smallest absolute Gasteiger partial charge is 0.261 e. The van der Waals surface area contributed by atoms with E-state index in [4.69, 9.17) is 14.5 Å². The van der Waals surface area contributed by atoms with E-state index < -0.39 is 10.0 Å². The lowest BCUT2D eigenvalue weighted by atomic mass is 10.1. The molecule has 3 aromatic carbocycles. The molecular weight excluding hydrogens is 542 g/mol. The lowest BCUT2D eigenvalue weighted by molar-refractivity contribution is 0.00880. The van der Waals surface area contributed by atoms with Gasteiger partial charge < -0.3 is 24.3 Å². The molecule has 3 N–H and O–H groups in total. The van der Waals surface area contributed by atoms with Gasteiger partial charge in [0.05, 0.1) is 41.3 Å². The first-order valence-corrected chi connectivity index (χ1v) is 14.9. The van der Waals surface area contributed by atoms with Crippen molar-refractivity contribution in [2.45, 2.75) is 24.0 Å². The van der Waals surface area contributed by atoms with Crippen LogP contribution in [0.4, 0.5) is 11.4 Å². The SMILES string of the molecule is COc1ccc(S(=O)(=O)Nc2ccc3[nH]nc(-c4nc5ccc(N6CC(CN(C)C)OCC6C)cc5[nH]4)c3c2)cc1. The summed E-state index contributed by atoms with van der Waals surface area (Å²) in [7, 11) is 1.85. The maximum absolute atomic E-state index is 13.0. The van der Waals surface area contributed by atoms with Gasteiger partial charge in [0, 0.05) is 35.9 Å². The number of anilines is 2. The van der Waals surface area contributed by atoms with Gasteiger partial charge in [0.2, 0.25) is 0 Å². The molecular formula is C29H33N7O4S. The molecule has 2 atom stereocenters. The van der Waals surface area contributed by atoms with Crippen molar-refractivity contribution < 1.29 is 17.9 Å². The molecule has 0 bridgehead atoms. The monoisotopic (exact) mass is 575 g/mol. The van der Waals surface area contributed by atoms with E-state index in [2.05, 4.69) is 62.9 Å². The van der Waals surface area contributed by atoms with Crippen LogP contribution in [0.2, 0.25) is 0 Å². The van der Waals surface area contributed by atoms with Crippen molar-refractivity contribution in [3.8, 4) is 17.3 Å². The molecule has 1 fully saturated rings. The Balaban J connectivity index is 1.28. The molecule has 0 spiro atoms. The van der Waals surface area contributed by atoms with Crippen LogP contribution in [0.15, 0.2) is 65.6 Å². The first-order valence-electron chi connectivity index (χ1n) is 13.4. The van der Waals surface area contributed by atoms with Crippen LogP contribution >= 0.6 is 0 Å². The lowest BCUT2D eigenvalue weighted by Crippen LogP contribution is -2.51. The third-order valence-electron chi connectivity index (χ3n) is 7.28. The topological polar surface area (TPSA) is 128 Å². The van der Waals surface area contributed by atoms with Crippen molar-refractivity contribution in [1.29, 1.82) is 0 Å². The maximum atomic E-state index is 13.0. The van der Waals surface area contributed by atoms with E-state index >= 15 is 0 Å². The fourth-order valence-corrected chi connectivity index (χ4v) is 6.26. The molecule has 2 aromatic heterocycles. The van der Waals surface area contributed by atoms with Gasteiger partial charge in [0.15, 0.2) is 5.82 Å². The van der Waals surface area contributed by atoms with Gasteiger partial charge in [-0.15, -0.1) is 0 Å². The number of benzene rings is 3. The Bertz CT molecular complexity index is 1800. The largest absolute Gasteiger partial charge is 0.497 e. The van der Waals surface area contributed by atoms with Crippen molar-refractivity contribution in [3.63, 3.8) is 0 Å². The summed E-state index contributed by atoms with van der Waals surface area (Å²) in [5.41, 5.74) is 4.61. The number of morpholine rings is 1. The number of sulfonamides is 1. The number of hydrogen-bond acceptors (Lipinski definition) is 8. The van der Waals surface area contributed by atoms with E-state index in [9.17, 15) is 8.42 Å². The molecule has 41 heavy (non-hydrogen) atoms. The fraction of sp³-hybridized carbons (Fsp3) is 0.310. The number of rotatable bonds is 8. The molecule has 214 valence electrons. The minimum atomic E-state index is -3.79. The van der Waals surface area contributed by atoms with Crippen LogP contribution in [0.25, 0.3) is 33.5 Å². The molecule has 5 aromatic rings. The van der Waals surface area contributed by atoms with Crippen molar-refractivity contribution in [2.24, 2.45) is 0 Å². The second kappa shape index (κ2) is 10.7. The summed E-state index contributed by atoms with van der Waals surface area (Å²) < 4.78 is 39.8. The van der Waals surface area contributed by atoms with Crippen molar-refractivity contribution >= 4 is 43.3 Å². The highest BCUT2D eigenvalue weighted by atomic mass is 32.2. The third-order valence-corrected chi connectivity index (χ3v) is 8.68. The summed E-state index contributed by atoms with van der Waals surface area (Å²) in [5, 5.41) is 8.27. The normalized spacial score (nSPS) is 17.9. The summed E-state index contributed by atoms with van der Waals surface area (Å²) in [6.45, 7) is 4.52. The number of aromatic amines is 2. The molecule has 2 unspecified atom stereocenters. The van der Waals surface area contributed by atoms with Crippen molar-refractivity contribution in [2.75, 3.05) is 50.5 Å². The van der Waals surface area contributed by atoms with Crippen LogP contribution in [0, 0.1) is 0 Å². The van der Waals surface area contributed by atoms with Gasteiger partial charge in [-0.2, -0.15) is 5.10 Å². The Morgan fingerprint density at radius 2 is 1.90 bits per heavy atom. The molecule has 0 radical (unpaired) electrons. The number of methoxy groups -OCH3 is 1. The van der Waals surface area contributed by atoms with Crippen molar-refractivity contribution in [1.82, 2.24) is 25.1 Å². The zero-order valence-corrected chi connectivity index (χ0v) is 24.2. The Morgan fingerprint density at radius 3 is 2.66 bits per heavy atom. The Morgan fingerprint density at radius 1 is 1.10 bits per heavy atom. The number of likely N-dealkylation sites (N-methyl/N-ethyl adjacent to an activating group) is 1. The fourth-order valence-electron chi connectivity index (χ4n) is 5.21. The number of fused-ring (bicyclic) bond motifs is 2. The predicted octanol–water partition coefficient (Wildman–Crippen LogP) is 4.07. The van der Waals surface area contributed by atoms with E-state index in [0.29, 0.717) is 29.6 Å². The number of nitrogens with one attached hydrogen (secondary N) is 3. The zero-order valence-electron chi connectivity index (χ0n) is 23.4. The molecule has 11 nitrogen and oxygen atoms in total. The van der Waals surface area contributed by atoms with Crippen LogP contribution in [0.3, 0.4) is 0 Å². The molecule has 6 rings (SSSR count). The Kier molecular flexibility index (Phi) is 7.06. The van der Waals surface area contributed by atoms with Gasteiger partial charge in [-0.25, -0.2) is 13.4 Å². The van der Waals surface area contributed by atoms with Gasteiger partial charge in [0.1, 0.15) is 11.4 Å². The Labute approximate surface area is 238 Å². The van der Waals surface area contributed by atoms with Gasteiger partial charge >= 0.3 is 0 Å². The average molecular weight is 576 g/mol. The molecule has 12 heteroatoms. The second-order valence-electron chi connectivity index (χ2n) is 10.6. The van der Waals surface area contributed by atoms with E-state index in [1.807, 2.05) is 6.07 Å². The molecule has 1 saturated heterocycles. The molecule has 0 amide bonds. The quantitative estimate of drug-likeness (QED) is 0.253. The van der Waals surface area contributed by atoms with Crippen LogP contribution < -0.4 is 14.4 Å². The van der Waals surface area contributed by atoms with Crippen LogP contribution in [0.5, 0.6) is 5.75 Å². The average Bonchev–Trinajstić information content (AvgIpc) is 3.57. The van der Waals surface area contributed by atoms with Gasteiger partial charge in [0.25, 0.3) is 10.0 Å². The number of ether oxygens (including phenoxy) is 2. The summed E-state index contributed by atoms with van der Waals surface area (Å²) in [5.74, 6) is 1.18. The minimum absolute atomic E-state index is 0.140. The van der Waals surface area contributed by atoms with E-state index in [1.54, 1.807) is 30.3 Å². The Hall–Kier alpha value is -4.13. The summed E-state index contributed by atoms with van der Waals surface area (Å²) in [6, 6.07) is 18.0. The van der Waals surface area contributed by atoms with E-state index in [1.165, 1.54) is 19.2 Å². The minimum Gasteiger partial charge on any atom is -0.497 e. The zero-order chi connectivity index (χ0) is 28.7. The summed E-state index contributed by atoms with van der Waals surface area (Å²) in [4.78, 5) is 12.9. The predicted molar refractivity (Wildman–Crippen MR) is 160 cm³/mol. The van der Waals surface area contributed by atoms with E-state index in [-0.39, 0.29) is 17.0 Å². The third kappa shape index (κ3) is 5.45. The molecule has 3 heterocycles. The molecule has 1 aliphatic rings. The number of nitrogens with zero attached hydrogens (tertiary/aromatic N) is 4. The van der Waals surface area contributed by atoms with Crippen LogP contribution in [-0.2, 0) is 14.8 Å². The number of hydrogen-bond donors (Lipinski definition) is 3. The number of H-pyrrole nitrogens is 2. The standard InChI is InChI=1S/C29H33N7O4S/c1-18-17-40-22(15-35(2)3)16-36(18)20-6-12-26-27(14-20)31-29(30-26)28-24-13-19(5-11-25(24)32-33-28)34-41(37,38)23-9-7-21(39-4)8-10-23/h5-14,18,22,34H,15-17H2,1-4H3,(H,30,31)(H,32,33). The number of imidazole rings is 1. The molecule has 0 saturated carbocycles. The highest BCUT2D eigenvalue weighted by molar-refractivity contribution is 7.92. The lowest BCUT2D eigenvalue weighted by Gasteiger charge is -2.40. The molecule has 1 aliphatic heterocycles. The summed E-state index contributed by atoms with van der Waals surface area (Å²) >= 11 is 0. The first kappa shape index (κ1) is 27.1. The van der Waals surface area contributed by atoms with Crippen LogP contribution in [0.1, 0.15) is 6.92 Å². The number of aromatic nitrogens is 4. The maximum Gasteiger partial charge on any atom is 0.261 e. The molecule has 0 aliphatic carbocycles. The van der Waals surface area contributed by atoms with Gasteiger partial charge in [-0.05, 0) is 81.7 Å². The van der Waals surface area contributed by atoms with Crippen LogP contribution in [-0.4, -0.2) is 86.5 Å².